The van der Waals surface area contributed by atoms with Crippen molar-refractivity contribution in [2.45, 2.75) is 64.5 Å². The number of oxime groups is 1. The minimum absolute atomic E-state index is 0.0693. The molecule has 2 heterocycles. The van der Waals surface area contributed by atoms with Crippen LogP contribution in [-0.2, 0) is 16.0 Å². The summed E-state index contributed by atoms with van der Waals surface area (Å²) in [4.78, 5) is 26.0. The zero-order valence-corrected chi connectivity index (χ0v) is 18.7. The Morgan fingerprint density at radius 3 is 2.45 bits per heavy atom. The molecule has 0 saturated carbocycles. The summed E-state index contributed by atoms with van der Waals surface area (Å²) in [5.41, 5.74) is 0.853. The second-order valence-electron chi connectivity index (χ2n) is 8.80. The number of aryl methyl sites for hydroxylation is 1. The average molecular weight is 470 g/mol. The van der Waals surface area contributed by atoms with Crippen LogP contribution in [0.2, 0.25) is 0 Å². The van der Waals surface area contributed by atoms with Gasteiger partial charge in [0.15, 0.2) is 0 Å². The summed E-state index contributed by atoms with van der Waals surface area (Å²) in [5, 5.41) is 23.4. The van der Waals surface area contributed by atoms with Crippen LogP contribution in [0.15, 0.2) is 17.3 Å². The van der Waals surface area contributed by atoms with Crippen LogP contribution in [-0.4, -0.2) is 58.6 Å². The van der Waals surface area contributed by atoms with Crippen LogP contribution >= 0.6 is 0 Å². The van der Waals surface area contributed by atoms with E-state index in [-0.39, 0.29) is 35.2 Å². The number of anilines is 1. The van der Waals surface area contributed by atoms with Crippen molar-refractivity contribution in [3.8, 4) is 5.75 Å². The van der Waals surface area contributed by atoms with Crippen molar-refractivity contribution in [2.24, 2.45) is 11.1 Å². The molecule has 0 spiro atoms. The number of rotatable bonds is 5. The van der Waals surface area contributed by atoms with E-state index in [1.165, 1.54) is 12.1 Å². The largest absolute Gasteiger partial charge is 0.507 e. The highest BCUT2D eigenvalue weighted by Crippen LogP contribution is 2.36. The number of likely N-dealkylation sites (tertiary alicyclic amines) is 1. The van der Waals surface area contributed by atoms with E-state index < -0.39 is 12.1 Å². The van der Waals surface area contributed by atoms with Crippen molar-refractivity contribution in [1.29, 1.82) is 0 Å². The number of amides is 2. The molecule has 0 atom stereocenters. The number of alkyl halides is 3. The number of benzene rings is 1. The Morgan fingerprint density at radius 2 is 1.85 bits per heavy atom. The maximum Gasteiger partial charge on any atom is 0.471 e. The first-order valence-corrected chi connectivity index (χ1v) is 11.3. The molecular formula is C23H30F3N3O4. The highest BCUT2D eigenvalue weighted by atomic mass is 19.4. The Bertz CT molecular complexity index is 909. The lowest BCUT2D eigenvalue weighted by Gasteiger charge is -2.31. The number of carbonyl (C=O) groups excluding carboxylic acids is 2. The van der Waals surface area contributed by atoms with Crippen LogP contribution in [0.4, 0.5) is 18.9 Å². The number of phenolic OH excluding ortho intramolecular Hbond substituents is 1. The standard InChI is InChI=1S/C23H30F3N3O4/c1-15(30)28-11-8-16(9-12-28)5-4-7-19(27-33)18-14-20-17(13-21(18)31)6-2-3-10-29(20)22(32)23(24,25)26/h13-14,16,31,33H,2-12H2,1H3. The van der Waals surface area contributed by atoms with Crippen molar-refractivity contribution in [1.82, 2.24) is 4.90 Å². The zero-order chi connectivity index (χ0) is 24.2. The van der Waals surface area contributed by atoms with Crippen molar-refractivity contribution in [3.05, 3.63) is 23.3 Å². The van der Waals surface area contributed by atoms with E-state index in [1.54, 1.807) is 6.92 Å². The van der Waals surface area contributed by atoms with Gasteiger partial charge in [-0.2, -0.15) is 13.2 Å². The van der Waals surface area contributed by atoms with Gasteiger partial charge >= 0.3 is 12.1 Å². The molecule has 2 N–H and O–H groups in total. The summed E-state index contributed by atoms with van der Waals surface area (Å²) in [6, 6.07) is 2.70. The van der Waals surface area contributed by atoms with Crippen molar-refractivity contribution in [3.63, 3.8) is 0 Å². The van der Waals surface area contributed by atoms with Gasteiger partial charge in [-0.15, -0.1) is 0 Å². The first-order valence-electron chi connectivity index (χ1n) is 11.3. The summed E-state index contributed by atoms with van der Waals surface area (Å²) in [5.74, 6) is -1.62. The predicted octanol–water partition coefficient (Wildman–Crippen LogP) is 4.23. The Hall–Kier alpha value is -2.78. The first kappa shape index (κ1) is 24.9. The van der Waals surface area contributed by atoms with Crippen LogP contribution in [0, 0.1) is 5.92 Å². The molecule has 0 radical (unpaired) electrons. The Balaban J connectivity index is 1.73. The fourth-order valence-electron chi connectivity index (χ4n) is 4.71. The molecule has 1 aromatic carbocycles. The number of halogens is 3. The lowest BCUT2D eigenvalue weighted by Crippen LogP contribution is -2.41. The number of fused-ring (bicyclic) bond motifs is 1. The zero-order valence-electron chi connectivity index (χ0n) is 18.7. The average Bonchev–Trinajstić information content (AvgIpc) is 2.97. The highest BCUT2D eigenvalue weighted by Gasteiger charge is 2.44. The fourth-order valence-corrected chi connectivity index (χ4v) is 4.71. The van der Waals surface area contributed by atoms with Gasteiger partial charge in [-0.25, -0.2) is 0 Å². The molecule has 7 nitrogen and oxygen atoms in total. The van der Waals surface area contributed by atoms with Crippen LogP contribution in [0.3, 0.4) is 0 Å². The molecule has 0 aliphatic carbocycles. The van der Waals surface area contributed by atoms with Gasteiger partial charge in [0, 0.05) is 37.8 Å². The molecule has 10 heteroatoms. The molecule has 0 bridgehead atoms. The lowest BCUT2D eigenvalue weighted by atomic mass is 9.90. The molecule has 182 valence electrons. The Morgan fingerprint density at radius 1 is 1.15 bits per heavy atom. The summed E-state index contributed by atoms with van der Waals surface area (Å²) >= 11 is 0. The smallest absolute Gasteiger partial charge is 0.471 e. The lowest BCUT2D eigenvalue weighted by molar-refractivity contribution is -0.170. The van der Waals surface area contributed by atoms with Gasteiger partial charge in [-0.3, -0.25) is 9.59 Å². The van der Waals surface area contributed by atoms with Gasteiger partial charge in [0.25, 0.3) is 0 Å². The number of phenols is 1. The molecule has 1 aromatic rings. The maximum absolute atomic E-state index is 13.2. The number of hydrogen-bond acceptors (Lipinski definition) is 5. The summed E-state index contributed by atoms with van der Waals surface area (Å²) < 4.78 is 39.5. The SMILES string of the molecule is CC(=O)N1CCC(CCCC(=NO)c2cc3c(cc2O)CCCCN3C(=O)C(F)(F)F)CC1. The number of aromatic hydroxyl groups is 1. The van der Waals surface area contributed by atoms with Crippen LogP contribution in [0.5, 0.6) is 5.75 Å². The summed E-state index contributed by atoms with van der Waals surface area (Å²) in [7, 11) is 0. The van der Waals surface area contributed by atoms with Crippen LogP contribution in [0.25, 0.3) is 0 Å². The monoisotopic (exact) mass is 469 g/mol. The summed E-state index contributed by atoms with van der Waals surface area (Å²) in [6.45, 7) is 2.92. The highest BCUT2D eigenvalue weighted by molar-refractivity contribution is 6.05. The third-order valence-electron chi connectivity index (χ3n) is 6.57. The van der Waals surface area contributed by atoms with Crippen LogP contribution in [0.1, 0.15) is 63.0 Å². The van der Waals surface area contributed by atoms with Crippen molar-refractivity contribution >= 4 is 23.2 Å². The van der Waals surface area contributed by atoms with Gasteiger partial charge in [-0.05, 0) is 75.0 Å². The quantitative estimate of drug-likeness (QED) is 0.383. The maximum atomic E-state index is 13.2. The molecular weight excluding hydrogens is 439 g/mol. The van der Waals surface area contributed by atoms with E-state index in [4.69, 9.17) is 0 Å². The number of piperidine rings is 1. The van der Waals surface area contributed by atoms with E-state index in [0.29, 0.717) is 48.5 Å². The fraction of sp³-hybridized carbons (Fsp3) is 0.609. The van der Waals surface area contributed by atoms with E-state index in [0.717, 1.165) is 32.4 Å². The van der Waals surface area contributed by atoms with Gasteiger partial charge in [0.1, 0.15) is 5.75 Å². The second-order valence-corrected chi connectivity index (χ2v) is 8.80. The Labute approximate surface area is 190 Å². The normalized spacial score (nSPS) is 18.1. The van der Waals surface area contributed by atoms with Gasteiger partial charge in [0.2, 0.25) is 5.91 Å². The summed E-state index contributed by atoms with van der Waals surface area (Å²) in [6.07, 6.45) is 0.0469. The van der Waals surface area contributed by atoms with E-state index in [2.05, 4.69) is 5.16 Å². The third kappa shape index (κ3) is 5.97. The van der Waals surface area contributed by atoms with Gasteiger partial charge in [0.05, 0.1) is 5.71 Å². The second kappa shape index (κ2) is 10.4. The first-order chi connectivity index (χ1) is 15.6. The molecule has 0 unspecified atom stereocenters. The van der Waals surface area contributed by atoms with E-state index >= 15 is 0 Å². The molecule has 3 rings (SSSR count). The predicted molar refractivity (Wildman–Crippen MR) is 117 cm³/mol. The third-order valence-corrected chi connectivity index (χ3v) is 6.57. The Kier molecular flexibility index (Phi) is 7.86. The van der Waals surface area contributed by atoms with Crippen molar-refractivity contribution < 1.29 is 33.1 Å². The van der Waals surface area contributed by atoms with Gasteiger partial charge < -0.3 is 20.1 Å². The molecule has 33 heavy (non-hydrogen) atoms. The molecule has 0 aromatic heterocycles. The minimum atomic E-state index is -5.01. The topological polar surface area (TPSA) is 93.4 Å². The molecule has 1 fully saturated rings. The number of carbonyl (C=O) groups is 2. The van der Waals surface area contributed by atoms with Crippen LogP contribution < -0.4 is 4.90 Å². The number of nitrogens with zero attached hydrogens (tertiary/aromatic N) is 3. The van der Waals surface area contributed by atoms with Crippen molar-refractivity contribution in [2.75, 3.05) is 24.5 Å². The minimum Gasteiger partial charge on any atom is -0.507 e. The van der Waals surface area contributed by atoms with E-state index in [1.807, 2.05) is 4.90 Å². The number of hydrogen-bond donors (Lipinski definition) is 2. The molecule has 2 amide bonds. The van der Waals surface area contributed by atoms with Gasteiger partial charge in [-0.1, -0.05) is 5.16 Å². The molecule has 2 aliphatic heterocycles. The molecule has 1 saturated heterocycles. The molecule has 2 aliphatic rings. The van der Waals surface area contributed by atoms with E-state index in [9.17, 15) is 33.1 Å².